The predicted molar refractivity (Wildman–Crippen MR) is 50.1 cm³/mol. The molecule has 2 heterocycles. The van der Waals surface area contributed by atoms with Crippen LogP contribution in [0, 0.1) is 0 Å². The number of fused-ring (bicyclic) bond motifs is 1. The number of aliphatic carboxylic acids is 1. The normalized spacial score (nSPS) is 14.0. The van der Waals surface area contributed by atoms with Gasteiger partial charge in [-0.25, -0.2) is 4.79 Å². The predicted octanol–water partition coefficient (Wildman–Crippen LogP) is 2.17. The number of hydrogen-bond acceptors (Lipinski definition) is 3. The van der Waals surface area contributed by atoms with Crippen LogP contribution in [0.4, 0.5) is 0 Å². The van der Waals surface area contributed by atoms with Gasteiger partial charge in [-0.1, -0.05) is 0 Å². The molecule has 0 saturated heterocycles. The Balaban J connectivity index is 2.56. The molecule has 0 fully saturated rings. The second-order valence-corrected chi connectivity index (χ2v) is 3.40. The van der Waals surface area contributed by atoms with E-state index in [1.54, 1.807) is 6.08 Å². The molecular weight excluding hydrogens is 188 g/mol. The fraction of sp³-hybridized carbons (Fsp3) is 0. The monoisotopic (exact) mass is 194 g/mol. The summed E-state index contributed by atoms with van der Waals surface area (Å²) in [4.78, 5) is 11.5. The molecule has 3 nitrogen and oxygen atoms in total. The van der Waals surface area contributed by atoms with E-state index in [4.69, 9.17) is 9.84 Å². The minimum atomic E-state index is -0.965. The maximum absolute atomic E-state index is 10.8. The van der Waals surface area contributed by atoms with Crippen molar-refractivity contribution in [1.82, 2.24) is 0 Å². The highest BCUT2D eigenvalue weighted by Gasteiger charge is 2.16. The molecular formula is C9H6O3S. The van der Waals surface area contributed by atoms with Gasteiger partial charge in [-0.15, -0.1) is 11.3 Å². The van der Waals surface area contributed by atoms with Crippen LogP contribution >= 0.6 is 11.3 Å². The smallest absolute Gasteiger partial charge is 0.340 e. The average molecular weight is 194 g/mol. The lowest BCUT2D eigenvalue weighted by Crippen LogP contribution is -1.98. The summed E-state index contributed by atoms with van der Waals surface area (Å²) in [6.07, 6.45) is 4.47. The first kappa shape index (κ1) is 8.07. The molecule has 1 aliphatic rings. The van der Waals surface area contributed by atoms with Gasteiger partial charge >= 0.3 is 5.97 Å². The highest BCUT2D eigenvalue weighted by molar-refractivity contribution is 7.11. The van der Waals surface area contributed by atoms with E-state index in [2.05, 4.69) is 0 Å². The molecule has 0 aromatic carbocycles. The third-order valence-electron chi connectivity index (χ3n) is 1.68. The van der Waals surface area contributed by atoms with Crippen LogP contribution in [0.3, 0.4) is 0 Å². The molecule has 1 aliphatic heterocycles. The van der Waals surface area contributed by atoms with Gasteiger partial charge in [-0.05, 0) is 23.1 Å². The zero-order valence-corrected chi connectivity index (χ0v) is 7.38. The standard InChI is InChI=1S/C9H6O3S/c10-9(11)7-5-12-3-1-6-2-4-13-8(6)7/h1-5H,(H,10,11). The van der Waals surface area contributed by atoms with Crippen LogP contribution in [-0.2, 0) is 9.53 Å². The largest absolute Gasteiger partial charge is 0.478 e. The van der Waals surface area contributed by atoms with E-state index < -0.39 is 5.97 Å². The number of carboxylic acid groups (broad SMARTS) is 1. The Hall–Kier alpha value is -1.55. The fourth-order valence-corrected chi connectivity index (χ4v) is 1.98. The summed E-state index contributed by atoms with van der Waals surface area (Å²) in [7, 11) is 0. The van der Waals surface area contributed by atoms with Crippen molar-refractivity contribution in [3.8, 4) is 0 Å². The highest BCUT2D eigenvalue weighted by atomic mass is 32.1. The van der Waals surface area contributed by atoms with Crippen molar-refractivity contribution in [1.29, 1.82) is 0 Å². The lowest BCUT2D eigenvalue weighted by molar-refractivity contribution is -0.130. The van der Waals surface area contributed by atoms with Crippen molar-refractivity contribution in [2.45, 2.75) is 0 Å². The zero-order valence-electron chi connectivity index (χ0n) is 6.56. The van der Waals surface area contributed by atoms with Gasteiger partial charge in [0, 0.05) is 0 Å². The molecule has 0 spiro atoms. The van der Waals surface area contributed by atoms with E-state index in [0.29, 0.717) is 0 Å². The van der Waals surface area contributed by atoms with Gasteiger partial charge < -0.3 is 9.84 Å². The second kappa shape index (κ2) is 3.06. The number of thiophene rings is 1. The van der Waals surface area contributed by atoms with Gasteiger partial charge in [-0.2, -0.15) is 0 Å². The van der Waals surface area contributed by atoms with E-state index in [9.17, 15) is 4.79 Å². The van der Waals surface area contributed by atoms with Crippen LogP contribution in [0.25, 0.3) is 11.6 Å². The van der Waals surface area contributed by atoms with Gasteiger partial charge in [-0.3, -0.25) is 0 Å². The third-order valence-corrected chi connectivity index (χ3v) is 2.65. The number of carbonyl (C=O) groups is 1. The van der Waals surface area contributed by atoms with E-state index in [1.165, 1.54) is 23.9 Å². The van der Waals surface area contributed by atoms with Gasteiger partial charge in [0.1, 0.15) is 11.8 Å². The first-order valence-corrected chi connectivity index (χ1v) is 4.50. The van der Waals surface area contributed by atoms with Gasteiger partial charge in [0.05, 0.1) is 11.1 Å². The van der Waals surface area contributed by atoms with Crippen molar-refractivity contribution in [3.63, 3.8) is 0 Å². The SMILES string of the molecule is O=C(O)C1=COC=Cc2ccsc21. The molecule has 1 N–H and O–H groups in total. The van der Waals surface area contributed by atoms with Crippen LogP contribution in [-0.4, -0.2) is 11.1 Å². The van der Waals surface area contributed by atoms with Gasteiger partial charge in [0.15, 0.2) is 0 Å². The minimum absolute atomic E-state index is 0.204. The van der Waals surface area contributed by atoms with Crippen LogP contribution in [0.2, 0.25) is 0 Å². The molecule has 0 amide bonds. The Morgan fingerprint density at radius 2 is 2.38 bits per heavy atom. The maximum atomic E-state index is 10.8. The quantitative estimate of drug-likeness (QED) is 0.745. The van der Waals surface area contributed by atoms with Gasteiger partial charge in [0.2, 0.25) is 0 Å². The highest BCUT2D eigenvalue weighted by Crippen LogP contribution is 2.28. The maximum Gasteiger partial charge on any atom is 0.340 e. The molecule has 4 heteroatoms. The van der Waals surface area contributed by atoms with Crippen molar-refractivity contribution in [2.75, 3.05) is 0 Å². The van der Waals surface area contributed by atoms with E-state index >= 15 is 0 Å². The lowest BCUT2D eigenvalue weighted by Gasteiger charge is -1.96. The molecule has 0 unspecified atom stereocenters. The van der Waals surface area contributed by atoms with Crippen molar-refractivity contribution in [2.24, 2.45) is 0 Å². The first-order chi connectivity index (χ1) is 6.29. The summed E-state index contributed by atoms with van der Waals surface area (Å²) in [5, 5.41) is 10.7. The number of carboxylic acids is 1. The molecule has 0 radical (unpaired) electrons. The molecule has 0 saturated carbocycles. The second-order valence-electron chi connectivity index (χ2n) is 2.48. The summed E-state index contributed by atoms with van der Waals surface area (Å²) in [6.45, 7) is 0. The zero-order chi connectivity index (χ0) is 9.26. The number of hydrogen-bond donors (Lipinski definition) is 1. The number of ether oxygens (including phenoxy) is 1. The van der Waals surface area contributed by atoms with Crippen molar-refractivity contribution >= 4 is 29.0 Å². The summed E-state index contributed by atoms with van der Waals surface area (Å²) >= 11 is 1.39. The molecule has 0 aliphatic carbocycles. The van der Waals surface area contributed by atoms with Crippen molar-refractivity contribution in [3.05, 3.63) is 34.4 Å². The minimum Gasteiger partial charge on any atom is -0.478 e. The molecule has 1 aromatic heterocycles. The summed E-state index contributed by atoms with van der Waals surface area (Å²) in [5.41, 5.74) is 1.09. The van der Waals surface area contributed by atoms with Crippen molar-refractivity contribution < 1.29 is 14.6 Å². The first-order valence-electron chi connectivity index (χ1n) is 3.62. The Labute approximate surface area is 78.6 Å². The van der Waals surface area contributed by atoms with E-state index in [1.807, 2.05) is 11.4 Å². The third kappa shape index (κ3) is 1.36. The Morgan fingerprint density at radius 1 is 1.54 bits per heavy atom. The Kier molecular flexibility index (Phi) is 1.90. The lowest BCUT2D eigenvalue weighted by atomic mass is 10.1. The molecule has 0 bridgehead atoms. The topological polar surface area (TPSA) is 46.5 Å². The van der Waals surface area contributed by atoms with Crippen LogP contribution < -0.4 is 0 Å². The summed E-state index contributed by atoms with van der Waals surface area (Å²) in [5.74, 6) is -0.965. The summed E-state index contributed by atoms with van der Waals surface area (Å²) < 4.78 is 4.89. The van der Waals surface area contributed by atoms with Gasteiger partial charge in [0.25, 0.3) is 0 Å². The molecule has 1 aromatic rings. The fourth-order valence-electron chi connectivity index (χ4n) is 1.09. The Morgan fingerprint density at radius 3 is 3.15 bits per heavy atom. The molecule has 2 rings (SSSR count). The number of rotatable bonds is 1. The van der Waals surface area contributed by atoms with Crippen LogP contribution in [0.1, 0.15) is 10.4 Å². The summed E-state index contributed by atoms with van der Waals surface area (Å²) in [6, 6.07) is 1.86. The Bertz CT molecular complexity index is 401. The van der Waals surface area contributed by atoms with E-state index in [-0.39, 0.29) is 5.57 Å². The molecule has 66 valence electrons. The molecule has 13 heavy (non-hydrogen) atoms. The average Bonchev–Trinajstić information content (AvgIpc) is 2.44. The van der Waals surface area contributed by atoms with Crippen LogP contribution in [0.5, 0.6) is 0 Å². The van der Waals surface area contributed by atoms with Crippen LogP contribution in [0.15, 0.2) is 24.0 Å². The van der Waals surface area contributed by atoms with E-state index in [0.717, 1.165) is 10.4 Å². The molecule has 0 atom stereocenters.